The molecule has 0 unspecified atom stereocenters. The summed E-state index contributed by atoms with van der Waals surface area (Å²) in [7, 11) is 0. The first-order valence-corrected chi connectivity index (χ1v) is 10.3. The maximum Gasteiger partial charge on any atom is 0.0780 e. The molecule has 0 atom stereocenters. The summed E-state index contributed by atoms with van der Waals surface area (Å²) in [6.45, 7) is 7.47. The summed E-state index contributed by atoms with van der Waals surface area (Å²) in [5.41, 5.74) is 4.20. The average molecular weight is 358 g/mol. The van der Waals surface area contributed by atoms with E-state index in [0.29, 0.717) is 0 Å². The van der Waals surface area contributed by atoms with Crippen LogP contribution in [-0.2, 0) is 17.8 Å². The van der Waals surface area contributed by atoms with Gasteiger partial charge in [-0.3, -0.25) is 4.90 Å². The molecule has 25 heavy (non-hydrogen) atoms. The third-order valence-corrected chi connectivity index (χ3v) is 6.31. The second kappa shape index (κ2) is 8.30. The Labute approximate surface area is 154 Å². The van der Waals surface area contributed by atoms with Crippen molar-refractivity contribution in [2.24, 2.45) is 0 Å². The van der Waals surface area contributed by atoms with Crippen molar-refractivity contribution in [1.29, 1.82) is 0 Å². The van der Waals surface area contributed by atoms with Crippen LogP contribution in [0.5, 0.6) is 0 Å². The number of piperazine rings is 1. The SMILES string of the molecule is c1ccc(N2CCN(CCCSc3[nH]cc4c3COCC4)CC2)cc1. The quantitative estimate of drug-likeness (QED) is 0.634. The summed E-state index contributed by atoms with van der Waals surface area (Å²) in [5, 5.41) is 1.32. The molecule has 0 radical (unpaired) electrons. The number of hydrogen-bond donors (Lipinski definition) is 1. The molecule has 4 rings (SSSR count). The van der Waals surface area contributed by atoms with Gasteiger partial charge < -0.3 is 14.6 Å². The number of rotatable bonds is 6. The van der Waals surface area contributed by atoms with E-state index in [2.05, 4.69) is 51.3 Å². The van der Waals surface area contributed by atoms with Crippen LogP contribution in [0.1, 0.15) is 17.5 Å². The monoisotopic (exact) mass is 357 g/mol. The first kappa shape index (κ1) is 17.0. The van der Waals surface area contributed by atoms with E-state index in [1.807, 2.05) is 11.8 Å². The Hall–Kier alpha value is -1.43. The molecule has 1 aromatic heterocycles. The van der Waals surface area contributed by atoms with E-state index in [0.717, 1.165) is 32.7 Å². The van der Waals surface area contributed by atoms with E-state index in [1.165, 1.54) is 53.6 Å². The molecular weight excluding hydrogens is 330 g/mol. The van der Waals surface area contributed by atoms with Crippen molar-refractivity contribution in [3.05, 3.63) is 47.7 Å². The number of anilines is 1. The van der Waals surface area contributed by atoms with Crippen molar-refractivity contribution in [3.63, 3.8) is 0 Å². The number of aromatic nitrogens is 1. The van der Waals surface area contributed by atoms with E-state index in [1.54, 1.807) is 0 Å². The Balaban J connectivity index is 1.17. The predicted octanol–water partition coefficient (Wildman–Crippen LogP) is 3.39. The maximum atomic E-state index is 5.60. The van der Waals surface area contributed by atoms with Gasteiger partial charge in [-0.2, -0.15) is 0 Å². The molecule has 0 bridgehead atoms. The van der Waals surface area contributed by atoms with Gasteiger partial charge >= 0.3 is 0 Å². The molecular formula is C20H27N3OS. The highest BCUT2D eigenvalue weighted by atomic mass is 32.2. The maximum absolute atomic E-state index is 5.60. The van der Waals surface area contributed by atoms with Crippen molar-refractivity contribution >= 4 is 17.4 Å². The Morgan fingerprint density at radius 1 is 1.08 bits per heavy atom. The third kappa shape index (κ3) is 4.22. The van der Waals surface area contributed by atoms with Crippen molar-refractivity contribution in [1.82, 2.24) is 9.88 Å². The first-order chi connectivity index (χ1) is 12.4. The van der Waals surface area contributed by atoms with E-state index in [9.17, 15) is 0 Å². The Kier molecular flexibility index (Phi) is 5.65. The van der Waals surface area contributed by atoms with Crippen LogP contribution in [0.3, 0.4) is 0 Å². The number of nitrogens with zero attached hydrogens (tertiary/aromatic N) is 2. The summed E-state index contributed by atoms with van der Waals surface area (Å²) in [4.78, 5) is 8.54. The van der Waals surface area contributed by atoms with E-state index >= 15 is 0 Å². The molecule has 1 aromatic carbocycles. The van der Waals surface area contributed by atoms with Crippen LogP contribution in [0.25, 0.3) is 0 Å². The number of nitrogens with one attached hydrogen (secondary N) is 1. The highest BCUT2D eigenvalue weighted by molar-refractivity contribution is 7.99. The van der Waals surface area contributed by atoms with Crippen LogP contribution in [0.4, 0.5) is 5.69 Å². The summed E-state index contributed by atoms with van der Waals surface area (Å²) in [6.07, 6.45) is 4.46. The molecule has 2 aliphatic rings. The number of para-hydroxylation sites is 1. The molecule has 0 aliphatic carbocycles. The first-order valence-electron chi connectivity index (χ1n) is 9.32. The average Bonchev–Trinajstić information content (AvgIpc) is 3.10. The van der Waals surface area contributed by atoms with E-state index < -0.39 is 0 Å². The molecule has 0 amide bonds. The predicted molar refractivity (Wildman–Crippen MR) is 105 cm³/mol. The van der Waals surface area contributed by atoms with Gasteiger partial charge in [0, 0.05) is 49.4 Å². The number of benzene rings is 1. The van der Waals surface area contributed by atoms with Gasteiger partial charge in [0.1, 0.15) is 0 Å². The van der Waals surface area contributed by atoms with Crippen LogP contribution >= 0.6 is 11.8 Å². The van der Waals surface area contributed by atoms with Gasteiger partial charge in [-0.15, -0.1) is 11.8 Å². The molecule has 5 heteroatoms. The zero-order valence-electron chi connectivity index (χ0n) is 14.7. The zero-order chi connectivity index (χ0) is 16.9. The normalized spacial score (nSPS) is 18.3. The van der Waals surface area contributed by atoms with Gasteiger partial charge in [0.25, 0.3) is 0 Å². The second-order valence-corrected chi connectivity index (χ2v) is 7.90. The largest absolute Gasteiger partial charge is 0.376 e. The number of aromatic amines is 1. The molecule has 1 saturated heterocycles. The lowest BCUT2D eigenvalue weighted by atomic mass is 10.1. The number of thioether (sulfide) groups is 1. The van der Waals surface area contributed by atoms with Crippen molar-refractivity contribution in [3.8, 4) is 0 Å². The van der Waals surface area contributed by atoms with Gasteiger partial charge in [-0.25, -0.2) is 0 Å². The minimum Gasteiger partial charge on any atom is -0.376 e. The van der Waals surface area contributed by atoms with Gasteiger partial charge in [-0.1, -0.05) is 18.2 Å². The summed E-state index contributed by atoms with van der Waals surface area (Å²) in [6, 6.07) is 10.8. The molecule has 3 heterocycles. The minimum atomic E-state index is 0.780. The van der Waals surface area contributed by atoms with Gasteiger partial charge in [0.2, 0.25) is 0 Å². The van der Waals surface area contributed by atoms with E-state index in [4.69, 9.17) is 4.74 Å². The fourth-order valence-corrected chi connectivity index (χ4v) is 4.65. The van der Waals surface area contributed by atoms with Crippen molar-refractivity contribution in [2.75, 3.05) is 50.0 Å². The zero-order valence-corrected chi connectivity index (χ0v) is 15.6. The van der Waals surface area contributed by atoms with Crippen LogP contribution in [0, 0.1) is 0 Å². The molecule has 134 valence electrons. The van der Waals surface area contributed by atoms with Gasteiger partial charge in [0.15, 0.2) is 0 Å². The standard InChI is InChI=1S/C20H27N3OS/c1-2-5-18(6-3-1)23-11-9-22(10-12-23)8-4-14-25-20-19-16-24-13-7-17(19)15-21-20/h1-3,5-6,15,21H,4,7-14,16H2. The number of fused-ring (bicyclic) bond motifs is 1. The van der Waals surface area contributed by atoms with Gasteiger partial charge in [-0.05, 0) is 37.1 Å². The third-order valence-electron chi connectivity index (χ3n) is 5.16. The minimum absolute atomic E-state index is 0.780. The lowest BCUT2D eigenvalue weighted by Gasteiger charge is -2.36. The highest BCUT2D eigenvalue weighted by Gasteiger charge is 2.18. The Bertz CT molecular complexity index is 665. The fraction of sp³-hybridized carbons (Fsp3) is 0.500. The van der Waals surface area contributed by atoms with Crippen molar-refractivity contribution < 1.29 is 4.74 Å². The van der Waals surface area contributed by atoms with Crippen LogP contribution in [-0.4, -0.2) is 55.0 Å². The number of ether oxygens (including phenoxy) is 1. The smallest absolute Gasteiger partial charge is 0.0780 e. The topological polar surface area (TPSA) is 31.5 Å². The van der Waals surface area contributed by atoms with Crippen LogP contribution in [0.15, 0.2) is 41.6 Å². The molecule has 4 nitrogen and oxygen atoms in total. The molecule has 1 fully saturated rings. The Morgan fingerprint density at radius 2 is 1.92 bits per heavy atom. The lowest BCUT2D eigenvalue weighted by molar-refractivity contribution is 0.109. The molecule has 0 spiro atoms. The fourth-order valence-electron chi connectivity index (χ4n) is 3.67. The van der Waals surface area contributed by atoms with Crippen LogP contribution < -0.4 is 4.90 Å². The lowest BCUT2D eigenvalue weighted by Crippen LogP contribution is -2.46. The molecule has 2 aromatic rings. The van der Waals surface area contributed by atoms with Crippen molar-refractivity contribution in [2.45, 2.75) is 24.5 Å². The second-order valence-electron chi connectivity index (χ2n) is 6.79. The molecule has 1 N–H and O–H groups in total. The number of hydrogen-bond acceptors (Lipinski definition) is 4. The summed E-state index contributed by atoms with van der Waals surface area (Å²) in [5.74, 6) is 1.17. The summed E-state index contributed by atoms with van der Waals surface area (Å²) >= 11 is 1.96. The van der Waals surface area contributed by atoms with Crippen LogP contribution in [0.2, 0.25) is 0 Å². The van der Waals surface area contributed by atoms with E-state index in [-0.39, 0.29) is 0 Å². The van der Waals surface area contributed by atoms with Gasteiger partial charge in [0.05, 0.1) is 18.2 Å². The highest BCUT2D eigenvalue weighted by Crippen LogP contribution is 2.28. The molecule has 2 aliphatic heterocycles. The summed E-state index contributed by atoms with van der Waals surface area (Å²) < 4.78 is 5.60. The Morgan fingerprint density at radius 3 is 2.76 bits per heavy atom. The number of H-pyrrole nitrogens is 1. The molecule has 0 saturated carbocycles.